The molecule has 0 spiro atoms. The molecule has 0 bridgehead atoms. The Hall–Kier alpha value is -2.49. The molecule has 0 aliphatic heterocycles. The molecule has 2 rings (SSSR count). The molecule has 1 atom stereocenters. The fraction of sp³-hybridized carbons (Fsp3) is 0.312. The summed E-state index contributed by atoms with van der Waals surface area (Å²) in [6.45, 7) is 1.74. The van der Waals surface area contributed by atoms with E-state index in [0.29, 0.717) is 22.3 Å². The minimum Gasteiger partial charge on any atom is -0.478 e. The Labute approximate surface area is 151 Å². The number of hydrogen-bond acceptors (Lipinski definition) is 4. The van der Waals surface area contributed by atoms with Gasteiger partial charge in [-0.3, -0.25) is 4.79 Å². The van der Waals surface area contributed by atoms with Gasteiger partial charge < -0.3 is 10.4 Å². The number of carboxylic acids is 1. The van der Waals surface area contributed by atoms with Crippen LogP contribution in [-0.4, -0.2) is 38.8 Å². The van der Waals surface area contributed by atoms with Gasteiger partial charge in [-0.15, -0.1) is 0 Å². The Morgan fingerprint density at radius 3 is 2.65 bits per heavy atom. The lowest BCUT2D eigenvalue weighted by Gasteiger charge is -2.14. The lowest BCUT2D eigenvalue weighted by molar-refractivity contribution is -0.143. The van der Waals surface area contributed by atoms with Gasteiger partial charge in [0.2, 0.25) is 5.91 Å². The molecule has 6 nitrogen and oxygen atoms in total. The molecule has 0 aliphatic rings. The van der Waals surface area contributed by atoms with Crippen LogP contribution in [0.25, 0.3) is 5.69 Å². The van der Waals surface area contributed by atoms with Crippen LogP contribution in [0.5, 0.6) is 0 Å². The van der Waals surface area contributed by atoms with Crippen molar-refractivity contribution in [3.05, 3.63) is 41.7 Å². The molecule has 1 heterocycles. The van der Waals surface area contributed by atoms with E-state index in [1.807, 2.05) is 6.26 Å². The zero-order chi connectivity index (χ0) is 19.5. The van der Waals surface area contributed by atoms with Crippen molar-refractivity contribution < 1.29 is 27.9 Å². The molecular weight excluding hydrogens is 371 g/mol. The highest BCUT2D eigenvalue weighted by atomic mass is 32.2. The Morgan fingerprint density at radius 1 is 1.38 bits per heavy atom. The molecule has 0 radical (unpaired) electrons. The van der Waals surface area contributed by atoms with Gasteiger partial charge in [-0.1, -0.05) is 13.0 Å². The van der Waals surface area contributed by atoms with E-state index >= 15 is 0 Å². The van der Waals surface area contributed by atoms with Gasteiger partial charge in [0.15, 0.2) is 5.69 Å². The first-order valence-electron chi connectivity index (χ1n) is 7.44. The third-order valence-corrected chi connectivity index (χ3v) is 4.32. The Morgan fingerprint density at radius 2 is 2.08 bits per heavy atom. The van der Waals surface area contributed by atoms with Crippen LogP contribution in [0.2, 0.25) is 0 Å². The minimum atomic E-state index is -4.91. The first kappa shape index (κ1) is 19.8. The number of nitrogens with zero attached hydrogens (tertiary/aromatic N) is 2. The largest absolute Gasteiger partial charge is 0.478 e. The summed E-state index contributed by atoms with van der Waals surface area (Å²) in [4.78, 5) is 23.1. The molecule has 1 amide bonds. The number of rotatable bonds is 6. The van der Waals surface area contributed by atoms with E-state index in [0.717, 1.165) is 0 Å². The Balaban J connectivity index is 2.40. The molecule has 1 aromatic heterocycles. The number of thioether (sulfide) groups is 1. The zero-order valence-electron chi connectivity index (χ0n) is 13.9. The van der Waals surface area contributed by atoms with Gasteiger partial charge >= 0.3 is 12.1 Å². The predicted octanol–water partition coefficient (Wildman–Crippen LogP) is 3.53. The summed E-state index contributed by atoms with van der Waals surface area (Å²) < 4.78 is 40.4. The van der Waals surface area contributed by atoms with Crippen molar-refractivity contribution in [3.8, 4) is 5.69 Å². The molecule has 0 saturated heterocycles. The van der Waals surface area contributed by atoms with Gasteiger partial charge in [0.25, 0.3) is 0 Å². The van der Waals surface area contributed by atoms with Gasteiger partial charge in [0.05, 0.1) is 11.9 Å². The maximum absolute atomic E-state index is 13.3. The van der Waals surface area contributed by atoms with Crippen molar-refractivity contribution in [2.45, 2.75) is 13.1 Å². The molecule has 2 N–H and O–H groups in total. The number of aromatic carboxylic acids is 1. The van der Waals surface area contributed by atoms with Crippen LogP contribution >= 0.6 is 11.8 Å². The summed E-state index contributed by atoms with van der Waals surface area (Å²) in [5, 5.41) is 15.2. The van der Waals surface area contributed by atoms with E-state index in [9.17, 15) is 22.8 Å². The van der Waals surface area contributed by atoms with Crippen molar-refractivity contribution in [2.24, 2.45) is 5.92 Å². The number of hydrogen-bond donors (Lipinski definition) is 2. The molecule has 26 heavy (non-hydrogen) atoms. The molecule has 1 aromatic carbocycles. The summed E-state index contributed by atoms with van der Waals surface area (Å²) in [5.41, 5.74) is -2.05. The van der Waals surface area contributed by atoms with E-state index in [4.69, 9.17) is 5.11 Å². The maximum Gasteiger partial charge on any atom is 0.434 e. The number of carboxylic acid groups (broad SMARTS) is 1. The fourth-order valence-electron chi connectivity index (χ4n) is 2.28. The minimum absolute atomic E-state index is 0.0138. The second kappa shape index (κ2) is 7.81. The van der Waals surface area contributed by atoms with E-state index in [1.54, 1.807) is 6.92 Å². The number of anilines is 1. The van der Waals surface area contributed by atoms with Gasteiger partial charge in [-0.25, -0.2) is 9.48 Å². The topological polar surface area (TPSA) is 84.2 Å². The van der Waals surface area contributed by atoms with Crippen molar-refractivity contribution in [3.63, 3.8) is 0 Å². The number of carbonyl (C=O) groups excluding carboxylic acids is 1. The van der Waals surface area contributed by atoms with Crippen LogP contribution in [0.1, 0.15) is 23.0 Å². The first-order valence-corrected chi connectivity index (χ1v) is 8.83. The lowest BCUT2D eigenvalue weighted by atomic mass is 10.2. The summed E-state index contributed by atoms with van der Waals surface area (Å²) >= 11 is 1.50. The molecule has 10 heteroatoms. The van der Waals surface area contributed by atoms with E-state index in [-0.39, 0.29) is 17.5 Å². The van der Waals surface area contributed by atoms with Gasteiger partial charge in [0.1, 0.15) is 5.56 Å². The number of amides is 1. The van der Waals surface area contributed by atoms with Crippen LogP contribution < -0.4 is 5.32 Å². The van der Waals surface area contributed by atoms with Gasteiger partial charge in [-0.05, 0) is 24.5 Å². The van der Waals surface area contributed by atoms with Crippen LogP contribution in [0.4, 0.5) is 18.9 Å². The molecule has 1 unspecified atom stereocenters. The van der Waals surface area contributed by atoms with Crippen molar-refractivity contribution in [2.75, 3.05) is 17.3 Å². The summed E-state index contributed by atoms with van der Waals surface area (Å²) in [6.07, 6.45) is -2.39. The highest BCUT2D eigenvalue weighted by Crippen LogP contribution is 2.34. The lowest BCUT2D eigenvalue weighted by Crippen LogP contribution is -2.22. The van der Waals surface area contributed by atoms with Crippen LogP contribution in [0, 0.1) is 5.92 Å². The second-order valence-corrected chi connectivity index (χ2v) is 6.43. The molecule has 0 saturated carbocycles. The number of aromatic nitrogens is 2. The third kappa shape index (κ3) is 4.37. The van der Waals surface area contributed by atoms with Crippen molar-refractivity contribution in [1.82, 2.24) is 9.78 Å². The van der Waals surface area contributed by atoms with Gasteiger partial charge in [0, 0.05) is 17.4 Å². The number of benzene rings is 1. The van der Waals surface area contributed by atoms with Gasteiger partial charge in [-0.2, -0.15) is 30.0 Å². The number of alkyl halides is 3. The van der Waals surface area contributed by atoms with Crippen molar-refractivity contribution >= 4 is 29.3 Å². The predicted molar refractivity (Wildman–Crippen MR) is 91.7 cm³/mol. The SMILES string of the molecule is CSCC(C)C(=O)Nc1cccc(-n2ncc(C(=O)O)c2C(F)(F)F)c1. The average molecular weight is 387 g/mol. The van der Waals surface area contributed by atoms with E-state index < -0.39 is 23.4 Å². The van der Waals surface area contributed by atoms with Crippen molar-refractivity contribution in [1.29, 1.82) is 0 Å². The Bertz CT molecular complexity index is 821. The highest BCUT2D eigenvalue weighted by Gasteiger charge is 2.40. The monoisotopic (exact) mass is 387 g/mol. The van der Waals surface area contributed by atoms with Crippen LogP contribution in [0.15, 0.2) is 30.5 Å². The molecule has 140 valence electrons. The van der Waals surface area contributed by atoms with E-state index in [1.165, 1.54) is 36.0 Å². The second-order valence-electron chi connectivity index (χ2n) is 5.52. The standard InChI is InChI=1S/C16H16F3N3O3S/c1-9(8-26-2)14(23)21-10-4-3-5-11(6-10)22-13(16(17,18)19)12(7-20-22)15(24)25/h3-7,9H,8H2,1-2H3,(H,21,23)(H,24,25). The number of carbonyl (C=O) groups is 2. The summed E-state index contributed by atoms with van der Waals surface area (Å²) in [6, 6.07) is 5.63. The van der Waals surface area contributed by atoms with Crippen LogP contribution in [0.3, 0.4) is 0 Å². The third-order valence-electron chi connectivity index (χ3n) is 3.49. The highest BCUT2D eigenvalue weighted by molar-refractivity contribution is 7.98. The maximum atomic E-state index is 13.3. The normalized spacial score (nSPS) is 12.7. The van der Waals surface area contributed by atoms with Crippen LogP contribution in [-0.2, 0) is 11.0 Å². The Kier molecular flexibility index (Phi) is 5.96. The first-order chi connectivity index (χ1) is 12.1. The molecule has 0 aliphatic carbocycles. The fourth-order valence-corrected chi connectivity index (χ4v) is 2.93. The number of halogens is 3. The molecule has 0 fully saturated rings. The molecule has 2 aromatic rings. The summed E-state index contributed by atoms with van der Waals surface area (Å²) in [7, 11) is 0. The molecular formula is C16H16F3N3O3S. The van der Waals surface area contributed by atoms with E-state index in [2.05, 4.69) is 10.4 Å². The zero-order valence-corrected chi connectivity index (χ0v) is 14.7. The average Bonchev–Trinajstić information content (AvgIpc) is 3.01. The summed E-state index contributed by atoms with van der Waals surface area (Å²) in [5.74, 6) is -1.66. The quantitative estimate of drug-likeness (QED) is 0.792. The number of nitrogens with one attached hydrogen (secondary N) is 1. The smallest absolute Gasteiger partial charge is 0.434 e.